The van der Waals surface area contributed by atoms with Gasteiger partial charge in [-0.2, -0.15) is 0 Å². The molecule has 0 saturated carbocycles. The Morgan fingerprint density at radius 3 is 1.85 bits per heavy atom. The van der Waals surface area contributed by atoms with E-state index in [4.69, 9.17) is 0 Å². The topological polar surface area (TPSA) is 0 Å². The molecule has 0 amide bonds. The van der Waals surface area contributed by atoms with Crippen molar-refractivity contribution in [1.82, 2.24) is 0 Å². The van der Waals surface area contributed by atoms with Crippen LogP contribution in [0, 0.1) is 17.7 Å². The van der Waals surface area contributed by atoms with E-state index in [-0.39, 0.29) is 30.6 Å². The van der Waals surface area contributed by atoms with Crippen molar-refractivity contribution < 1.29 is 50.5 Å². The van der Waals surface area contributed by atoms with Crippen molar-refractivity contribution >= 4 is 3.71 Å². The molecule has 5 rings (SSSR count). The Hall–Kier alpha value is -1.60. The minimum absolute atomic E-state index is 0. The van der Waals surface area contributed by atoms with Crippen LogP contribution in [-0.2, 0) is 21.3 Å². The molecule has 2 aliphatic rings. The summed E-state index contributed by atoms with van der Waals surface area (Å²) in [4.78, 5) is 0. The van der Waals surface area contributed by atoms with Crippen molar-refractivity contribution in [3.8, 4) is 11.1 Å². The first-order valence-electron chi connectivity index (χ1n) is 11.5. The van der Waals surface area contributed by atoms with Gasteiger partial charge in [-0.15, -0.1) is 0 Å². The summed E-state index contributed by atoms with van der Waals surface area (Å²) in [6.07, 6.45) is 2.50. The van der Waals surface area contributed by atoms with Gasteiger partial charge in [0.1, 0.15) is 0 Å². The molecule has 1 atom stereocenters. The Morgan fingerprint density at radius 2 is 1.35 bits per heavy atom. The molecule has 0 spiro atoms. The van der Waals surface area contributed by atoms with Crippen LogP contribution in [-0.4, -0.2) is 3.71 Å². The van der Waals surface area contributed by atoms with Crippen molar-refractivity contribution in [1.29, 1.82) is 0 Å². The summed E-state index contributed by atoms with van der Waals surface area (Å²) in [5.41, 5.74) is 9.92. The van der Waals surface area contributed by atoms with Gasteiger partial charge in [0.25, 0.3) is 0 Å². The number of halogens is 3. The zero-order valence-electron chi connectivity index (χ0n) is 19.9. The normalized spacial score (nSPS) is 16.6. The predicted molar refractivity (Wildman–Crippen MR) is 130 cm³/mol. The van der Waals surface area contributed by atoms with Crippen molar-refractivity contribution in [2.24, 2.45) is 11.8 Å². The summed E-state index contributed by atoms with van der Waals surface area (Å²) in [7, 11) is 0. The number of allylic oxidation sites excluding steroid dienone is 4. The molecule has 0 bridgehead atoms. The molecule has 0 nitrogen and oxygen atoms in total. The van der Waals surface area contributed by atoms with Gasteiger partial charge in [0, 0.05) is 0 Å². The largest absolute Gasteiger partial charge is 1.00 e. The van der Waals surface area contributed by atoms with E-state index in [1.807, 2.05) is 12.1 Å². The average molecular weight is 571 g/mol. The van der Waals surface area contributed by atoms with Gasteiger partial charge in [-0.05, 0) is 0 Å². The first-order chi connectivity index (χ1) is 15.5. The first kappa shape index (κ1) is 27.0. The number of benzene rings is 3. The molecule has 2 aliphatic carbocycles. The molecule has 3 aromatic carbocycles. The van der Waals surface area contributed by atoms with E-state index in [2.05, 4.69) is 86.0 Å². The fourth-order valence-corrected chi connectivity index (χ4v) is 14.3. The zero-order chi connectivity index (χ0) is 22.4. The maximum atomic E-state index is 13.7. The Labute approximate surface area is 223 Å². The van der Waals surface area contributed by atoms with Gasteiger partial charge in [-0.3, -0.25) is 0 Å². The van der Waals surface area contributed by atoms with Crippen LogP contribution < -0.4 is 24.8 Å². The second-order valence-electron chi connectivity index (χ2n) is 9.36. The predicted octanol–water partition coefficient (Wildman–Crippen LogP) is 1.88. The van der Waals surface area contributed by atoms with Crippen LogP contribution in [0.3, 0.4) is 0 Å². The molecule has 0 fully saturated rings. The van der Waals surface area contributed by atoms with E-state index < -0.39 is 21.3 Å². The summed E-state index contributed by atoms with van der Waals surface area (Å²) in [5, 5.41) is 0. The van der Waals surface area contributed by atoms with Crippen LogP contribution in [0.1, 0.15) is 48.0 Å². The fraction of sp³-hybridized carbons (Fsp3) is 0.233. The Bertz CT molecular complexity index is 1240. The standard InChI is InChI=1S/C13H9.C10H15.C7H5F.2ClH.Zr/c1-3-7-12-10(5-1)9-11-6-2-4-8-13(11)12;1-7(2)10-6-8(3)5-9(10)4;1-6-2-4-7(8)5-3-6;;;/h1-9H;6-8H,1-4H3;1-5H;2*1H;/q;;;;;+2/p-2. The maximum Gasteiger partial charge on any atom is -1.00 e. The van der Waals surface area contributed by atoms with E-state index >= 15 is 0 Å². The van der Waals surface area contributed by atoms with Gasteiger partial charge in [-0.1, -0.05) is 0 Å². The zero-order valence-corrected chi connectivity index (χ0v) is 23.9. The van der Waals surface area contributed by atoms with Crippen molar-refractivity contribution in [2.45, 2.75) is 31.3 Å². The minimum atomic E-state index is -2.45. The third kappa shape index (κ3) is 4.75. The second-order valence-corrected chi connectivity index (χ2v) is 15.1. The van der Waals surface area contributed by atoms with Gasteiger partial charge in [-0.25, -0.2) is 0 Å². The van der Waals surface area contributed by atoms with Crippen LogP contribution in [0.15, 0.2) is 93.3 Å². The molecule has 0 N–H and O–H groups in total. The Morgan fingerprint density at radius 1 is 0.824 bits per heavy atom. The van der Waals surface area contributed by atoms with Crippen molar-refractivity contribution in [3.63, 3.8) is 0 Å². The van der Waals surface area contributed by atoms with Gasteiger partial charge in [0.05, 0.1) is 0 Å². The summed E-state index contributed by atoms with van der Waals surface area (Å²) >= 11 is -2.45. The quantitative estimate of drug-likeness (QED) is 0.450. The van der Waals surface area contributed by atoms with Crippen LogP contribution in [0.5, 0.6) is 0 Å². The third-order valence-corrected chi connectivity index (χ3v) is 15.2. The number of hydrogen-bond donors (Lipinski definition) is 0. The molecule has 4 heteroatoms. The van der Waals surface area contributed by atoms with Gasteiger partial charge in [0.2, 0.25) is 0 Å². The summed E-state index contributed by atoms with van der Waals surface area (Å²) < 4.78 is 18.4. The second kappa shape index (κ2) is 11.0. The van der Waals surface area contributed by atoms with Crippen molar-refractivity contribution in [2.75, 3.05) is 0 Å². The minimum Gasteiger partial charge on any atom is -1.00 e. The molecule has 0 heterocycles. The number of hydrogen-bond acceptors (Lipinski definition) is 0. The number of rotatable bonds is 4. The molecule has 3 aromatic rings. The van der Waals surface area contributed by atoms with Crippen LogP contribution in [0.4, 0.5) is 4.39 Å². The molecular formula is C30H29Cl2FZr. The molecule has 0 aliphatic heterocycles. The monoisotopic (exact) mass is 568 g/mol. The maximum absolute atomic E-state index is 13.7. The molecule has 34 heavy (non-hydrogen) atoms. The summed E-state index contributed by atoms with van der Waals surface area (Å²) in [6, 6.07) is 25.0. The first-order valence-corrected chi connectivity index (χ1v) is 15.6. The van der Waals surface area contributed by atoms with E-state index in [9.17, 15) is 4.39 Å². The van der Waals surface area contributed by atoms with E-state index in [0.717, 1.165) is 5.56 Å². The average Bonchev–Trinajstić information content (AvgIpc) is 3.28. The number of fused-ring (bicyclic) bond motifs is 3. The van der Waals surface area contributed by atoms with Gasteiger partial charge >= 0.3 is 199 Å². The van der Waals surface area contributed by atoms with Crippen LogP contribution in [0.25, 0.3) is 11.1 Å². The van der Waals surface area contributed by atoms with Crippen molar-refractivity contribution in [3.05, 3.63) is 116 Å². The smallest absolute Gasteiger partial charge is 1.00 e. The molecule has 174 valence electrons. The fourth-order valence-electron chi connectivity index (χ4n) is 5.63. The van der Waals surface area contributed by atoms with Gasteiger partial charge < -0.3 is 24.8 Å². The Balaban J connectivity index is 0.00000162. The molecule has 0 radical (unpaired) electrons. The van der Waals surface area contributed by atoms with Crippen LogP contribution in [0.2, 0.25) is 0 Å². The molecule has 1 unspecified atom stereocenters. The van der Waals surface area contributed by atoms with E-state index in [1.54, 1.807) is 15.4 Å². The van der Waals surface area contributed by atoms with E-state index in [0.29, 0.717) is 15.5 Å². The summed E-state index contributed by atoms with van der Waals surface area (Å²) in [6.45, 7) is 9.33. The van der Waals surface area contributed by atoms with Gasteiger partial charge in [0.15, 0.2) is 0 Å². The summed E-state index contributed by atoms with van der Waals surface area (Å²) in [5.74, 6) is 0.837. The SMILES string of the molecule is CC1=[C](/[Zr+2](=[CH]/c2ccc(F)cc2)[CH]2c3ccccc3-c3ccccc32)C(C)C=C1C(C)C.[Cl-].[Cl-]. The van der Waals surface area contributed by atoms with E-state index in [1.165, 1.54) is 33.4 Å². The molecular weight excluding hydrogens is 541 g/mol. The Kier molecular flexibility index (Phi) is 8.72. The molecule has 0 aromatic heterocycles. The molecule has 0 saturated heterocycles. The van der Waals surface area contributed by atoms with Crippen LogP contribution >= 0.6 is 0 Å². The third-order valence-electron chi connectivity index (χ3n) is 6.99.